The van der Waals surface area contributed by atoms with Crippen LogP contribution < -0.4 is 5.32 Å². The van der Waals surface area contributed by atoms with Crippen molar-refractivity contribution in [3.05, 3.63) is 46.8 Å². The summed E-state index contributed by atoms with van der Waals surface area (Å²) in [5.41, 5.74) is 5.68. The fraction of sp³-hybridized carbons (Fsp3) is 0.450. The maximum absolute atomic E-state index is 12.1. The summed E-state index contributed by atoms with van der Waals surface area (Å²) in [7, 11) is 0. The third-order valence-electron chi connectivity index (χ3n) is 5.02. The molecule has 1 aromatic heterocycles. The van der Waals surface area contributed by atoms with E-state index in [1.807, 2.05) is 23.9 Å². The first-order valence-corrected chi connectivity index (χ1v) is 9.00. The molecule has 5 nitrogen and oxygen atoms in total. The van der Waals surface area contributed by atoms with Crippen LogP contribution in [0.1, 0.15) is 61.0 Å². The van der Waals surface area contributed by atoms with Gasteiger partial charge in [-0.1, -0.05) is 19.1 Å². The van der Waals surface area contributed by atoms with E-state index >= 15 is 0 Å². The highest BCUT2D eigenvalue weighted by atomic mass is 16.2. The highest BCUT2D eigenvalue weighted by Gasteiger charge is 2.27. The Morgan fingerprint density at radius 1 is 1.32 bits per heavy atom. The number of benzene rings is 1. The van der Waals surface area contributed by atoms with Gasteiger partial charge in [-0.3, -0.25) is 9.59 Å². The summed E-state index contributed by atoms with van der Waals surface area (Å²) in [5, 5.41) is 7.50. The van der Waals surface area contributed by atoms with Gasteiger partial charge in [0.1, 0.15) is 0 Å². The Hall–Kier alpha value is -2.43. The predicted molar refractivity (Wildman–Crippen MR) is 96.8 cm³/mol. The molecule has 0 bridgehead atoms. The van der Waals surface area contributed by atoms with Crippen LogP contribution in [0.3, 0.4) is 0 Å². The fourth-order valence-corrected chi connectivity index (χ4v) is 3.46. The Balaban J connectivity index is 1.89. The third kappa shape index (κ3) is 3.36. The van der Waals surface area contributed by atoms with Crippen LogP contribution in [0.2, 0.25) is 0 Å². The quantitative estimate of drug-likeness (QED) is 0.850. The highest BCUT2D eigenvalue weighted by molar-refractivity contribution is 6.36. The van der Waals surface area contributed by atoms with E-state index in [0.29, 0.717) is 12.8 Å². The van der Waals surface area contributed by atoms with Crippen LogP contribution in [-0.2, 0) is 16.0 Å². The molecule has 1 unspecified atom stereocenters. The topological polar surface area (TPSA) is 64.0 Å². The lowest BCUT2D eigenvalue weighted by atomic mass is 9.92. The molecule has 1 amide bonds. The number of aromatic nitrogens is 2. The second-order valence-corrected chi connectivity index (χ2v) is 6.77. The molecule has 0 spiro atoms. The Bertz CT molecular complexity index is 807. The van der Waals surface area contributed by atoms with Gasteiger partial charge in [0.25, 0.3) is 5.91 Å². The molecule has 1 aliphatic rings. The highest BCUT2D eigenvalue weighted by Crippen LogP contribution is 2.32. The van der Waals surface area contributed by atoms with Crippen molar-refractivity contribution in [1.82, 2.24) is 15.1 Å². The summed E-state index contributed by atoms with van der Waals surface area (Å²) in [6.07, 6.45) is 5.57. The van der Waals surface area contributed by atoms with Crippen molar-refractivity contribution < 1.29 is 9.59 Å². The molecule has 0 saturated heterocycles. The van der Waals surface area contributed by atoms with Crippen LogP contribution in [0, 0.1) is 13.8 Å². The van der Waals surface area contributed by atoms with Gasteiger partial charge in [-0.05, 0) is 56.7 Å². The van der Waals surface area contributed by atoms with Gasteiger partial charge in [0.15, 0.2) is 0 Å². The van der Waals surface area contributed by atoms with Crippen molar-refractivity contribution in [3.63, 3.8) is 0 Å². The van der Waals surface area contributed by atoms with Gasteiger partial charge < -0.3 is 5.32 Å². The summed E-state index contributed by atoms with van der Waals surface area (Å²) >= 11 is 0. The summed E-state index contributed by atoms with van der Waals surface area (Å²) in [5.74, 6) is -0.810. The maximum Gasteiger partial charge on any atom is 0.287 e. The van der Waals surface area contributed by atoms with Gasteiger partial charge in [0.2, 0.25) is 5.78 Å². The summed E-state index contributed by atoms with van der Waals surface area (Å²) in [6.45, 7) is 6.10. The standard InChI is InChI=1S/C20H25N3O2/c1-4-7-19(24)20(25)22-16-9-6-11-18-15(16)12-21-23(18)17-10-5-8-13(2)14(17)3/h5,8,10,12,16H,4,6-7,9,11H2,1-3H3,(H,22,25). The van der Waals surface area contributed by atoms with E-state index in [1.54, 1.807) is 0 Å². The van der Waals surface area contributed by atoms with Gasteiger partial charge in [-0.2, -0.15) is 5.10 Å². The number of hydrogen-bond acceptors (Lipinski definition) is 3. The maximum atomic E-state index is 12.1. The predicted octanol–water partition coefficient (Wildman–Crippen LogP) is 3.35. The Morgan fingerprint density at radius 2 is 2.12 bits per heavy atom. The number of rotatable bonds is 5. The first kappa shape index (κ1) is 17.4. The molecular formula is C20H25N3O2. The number of carbonyl (C=O) groups excluding carboxylic acids is 2. The van der Waals surface area contributed by atoms with Crippen LogP contribution in [0.15, 0.2) is 24.4 Å². The number of ketones is 1. The van der Waals surface area contributed by atoms with Crippen LogP contribution in [0.4, 0.5) is 0 Å². The molecule has 1 aromatic carbocycles. The molecule has 1 atom stereocenters. The SMILES string of the molecule is CCCC(=O)C(=O)NC1CCCc2c1cnn2-c1cccc(C)c1C. The van der Waals surface area contributed by atoms with E-state index in [-0.39, 0.29) is 11.8 Å². The lowest BCUT2D eigenvalue weighted by Gasteiger charge is -2.24. The summed E-state index contributed by atoms with van der Waals surface area (Å²) in [4.78, 5) is 23.9. The lowest BCUT2D eigenvalue weighted by Crippen LogP contribution is -2.35. The molecule has 132 valence electrons. The lowest BCUT2D eigenvalue weighted by molar-refractivity contribution is -0.138. The second-order valence-electron chi connectivity index (χ2n) is 6.77. The molecular weight excluding hydrogens is 314 g/mol. The van der Waals surface area contributed by atoms with Crippen LogP contribution in [0.25, 0.3) is 5.69 Å². The van der Waals surface area contributed by atoms with Crippen molar-refractivity contribution in [2.24, 2.45) is 0 Å². The Kier molecular flexibility index (Phi) is 5.02. The average molecular weight is 339 g/mol. The fourth-order valence-electron chi connectivity index (χ4n) is 3.46. The zero-order chi connectivity index (χ0) is 18.0. The van der Waals surface area contributed by atoms with E-state index in [0.717, 1.165) is 36.2 Å². The van der Waals surface area contributed by atoms with Crippen molar-refractivity contribution in [2.45, 2.75) is 58.9 Å². The number of nitrogens with one attached hydrogen (secondary N) is 1. The van der Waals surface area contributed by atoms with Gasteiger partial charge in [-0.15, -0.1) is 0 Å². The molecule has 1 aliphatic carbocycles. The van der Waals surface area contributed by atoms with Gasteiger partial charge >= 0.3 is 0 Å². The normalized spacial score (nSPS) is 16.4. The monoisotopic (exact) mass is 339 g/mol. The molecule has 0 fully saturated rings. The van der Waals surface area contributed by atoms with Crippen molar-refractivity contribution in [1.29, 1.82) is 0 Å². The largest absolute Gasteiger partial charge is 0.343 e. The minimum absolute atomic E-state index is 0.129. The molecule has 3 rings (SSSR count). The van der Waals surface area contributed by atoms with Crippen LogP contribution in [0.5, 0.6) is 0 Å². The molecule has 2 aromatic rings. The van der Waals surface area contributed by atoms with Crippen LogP contribution >= 0.6 is 0 Å². The number of aryl methyl sites for hydroxylation is 1. The smallest absolute Gasteiger partial charge is 0.287 e. The molecule has 0 saturated carbocycles. The molecule has 25 heavy (non-hydrogen) atoms. The van der Waals surface area contributed by atoms with Gasteiger partial charge in [0, 0.05) is 17.7 Å². The summed E-state index contributed by atoms with van der Waals surface area (Å²) < 4.78 is 1.99. The minimum Gasteiger partial charge on any atom is -0.343 e. The minimum atomic E-state index is -0.473. The van der Waals surface area contributed by atoms with E-state index in [9.17, 15) is 9.59 Å². The second kappa shape index (κ2) is 7.21. The molecule has 0 aliphatic heterocycles. The van der Waals surface area contributed by atoms with E-state index < -0.39 is 5.91 Å². The number of hydrogen-bond donors (Lipinski definition) is 1. The van der Waals surface area contributed by atoms with Crippen LogP contribution in [-0.4, -0.2) is 21.5 Å². The first-order chi connectivity index (χ1) is 12.0. The van der Waals surface area contributed by atoms with Crippen molar-refractivity contribution in [3.8, 4) is 5.69 Å². The Labute approximate surface area is 148 Å². The first-order valence-electron chi connectivity index (χ1n) is 9.00. The zero-order valence-corrected chi connectivity index (χ0v) is 15.1. The van der Waals surface area contributed by atoms with E-state index in [2.05, 4.69) is 36.4 Å². The van der Waals surface area contributed by atoms with Crippen molar-refractivity contribution in [2.75, 3.05) is 0 Å². The number of Topliss-reactive ketones (excluding diaryl/α,β-unsaturated/α-hetero) is 1. The zero-order valence-electron chi connectivity index (χ0n) is 15.1. The number of fused-ring (bicyclic) bond motifs is 1. The van der Waals surface area contributed by atoms with E-state index in [4.69, 9.17) is 0 Å². The number of carbonyl (C=O) groups is 2. The van der Waals surface area contributed by atoms with Crippen molar-refractivity contribution >= 4 is 11.7 Å². The Morgan fingerprint density at radius 3 is 2.88 bits per heavy atom. The van der Waals surface area contributed by atoms with E-state index in [1.165, 1.54) is 11.1 Å². The average Bonchev–Trinajstić information content (AvgIpc) is 3.02. The molecule has 0 radical (unpaired) electrons. The summed E-state index contributed by atoms with van der Waals surface area (Å²) in [6, 6.07) is 6.08. The third-order valence-corrected chi connectivity index (χ3v) is 5.02. The number of nitrogens with zero attached hydrogens (tertiary/aromatic N) is 2. The molecule has 5 heteroatoms. The molecule has 1 N–H and O–H groups in total. The molecule has 1 heterocycles. The van der Waals surface area contributed by atoms with Gasteiger partial charge in [-0.25, -0.2) is 4.68 Å². The number of amides is 1. The van der Waals surface area contributed by atoms with Gasteiger partial charge in [0.05, 0.1) is 17.9 Å².